The van der Waals surface area contributed by atoms with Crippen molar-refractivity contribution in [1.82, 2.24) is 0 Å². The fourth-order valence-electron chi connectivity index (χ4n) is 8.23. The van der Waals surface area contributed by atoms with E-state index >= 15 is 0 Å². The van der Waals surface area contributed by atoms with Crippen molar-refractivity contribution in [2.45, 2.75) is 0 Å². The number of thiophene rings is 1. The van der Waals surface area contributed by atoms with E-state index in [0.717, 1.165) is 16.5 Å². The van der Waals surface area contributed by atoms with Gasteiger partial charge < -0.3 is 4.42 Å². The van der Waals surface area contributed by atoms with Crippen molar-refractivity contribution in [2.24, 2.45) is 0 Å². The maximum Gasteiger partial charge on any atom is 0.143 e. The van der Waals surface area contributed by atoms with Gasteiger partial charge in [0.05, 0.1) is 6.26 Å². The van der Waals surface area contributed by atoms with E-state index in [2.05, 4.69) is 164 Å². The van der Waals surface area contributed by atoms with Crippen LogP contribution in [0.15, 0.2) is 174 Å². The van der Waals surface area contributed by atoms with Gasteiger partial charge in [0.15, 0.2) is 0 Å². The molecule has 11 rings (SSSR count). The smallest absolute Gasteiger partial charge is 0.143 e. The lowest BCUT2D eigenvalue weighted by Crippen LogP contribution is -1.91. The van der Waals surface area contributed by atoms with Gasteiger partial charge in [-0.1, -0.05) is 140 Å². The lowest BCUT2D eigenvalue weighted by molar-refractivity contribution is 0.620. The second kappa shape index (κ2) is 10.6. The van der Waals surface area contributed by atoms with Gasteiger partial charge in [0.1, 0.15) is 5.58 Å². The minimum Gasteiger partial charge on any atom is -0.463 e. The van der Waals surface area contributed by atoms with Crippen LogP contribution in [-0.2, 0) is 0 Å². The van der Waals surface area contributed by atoms with Crippen LogP contribution in [0.25, 0.3) is 108 Å². The Morgan fingerprint density at radius 1 is 0.380 bits per heavy atom. The third kappa shape index (κ3) is 4.00. The molecule has 0 fully saturated rings. The molecule has 0 saturated heterocycles. The second-order valence-electron chi connectivity index (χ2n) is 13.2. The average molecular weight is 653 g/mol. The van der Waals surface area contributed by atoms with Gasteiger partial charge in [0.2, 0.25) is 0 Å². The highest BCUT2D eigenvalue weighted by atomic mass is 32.1. The summed E-state index contributed by atoms with van der Waals surface area (Å²) in [5, 5.41) is 13.6. The van der Waals surface area contributed by atoms with E-state index in [9.17, 15) is 0 Å². The minimum absolute atomic E-state index is 0.954. The molecule has 0 aliphatic carbocycles. The first-order valence-corrected chi connectivity index (χ1v) is 17.9. The fraction of sp³-hybridized carbons (Fsp3) is 0. The first-order valence-electron chi connectivity index (χ1n) is 17.1. The molecule has 11 aromatic rings. The molecule has 1 nitrogen and oxygen atoms in total. The SMILES string of the molecule is c1ccc2cc(-c3c4ccccc4c(-c4cccc5c4sc4ccc6c(-c7ccc8ccccc8c7)coc6c45)c4ccccc34)ccc2c1. The van der Waals surface area contributed by atoms with Crippen molar-refractivity contribution < 1.29 is 4.42 Å². The number of hydrogen-bond donors (Lipinski definition) is 0. The molecule has 2 heteroatoms. The highest BCUT2D eigenvalue weighted by Gasteiger charge is 2.21. The van der Waals surface area contributed by atoms with Crippen LogP contribution in [-0.4, -0.2) is 0 Å². The normalized spacial score (nSPS) is 12.0. The molecule has 0 saturated carbocycles. The lowest BCUT2D eigenvalue weighted by Gasteiger charge is -2.18. The molecule has 2 heterocycles. The quantitative estimate of drug-likeness (QED) is 0.173. The van der Waals surface area contributed by atoms with Gasteiger partial charge in [-0.2, -0.15) is 0 Å². The summed E-state index contributed by atoms with van der Waals surface area (Å²) in [7, 11) is 0. The molecule has 0 unspecified atom stereocenters. The molecule has 0 bridgehead atoms. The Kier molecular flexibility index (Phi) is 5.89. The molecule has 50 heavy (non-hydrogen) atoms. The molecule has 0 aliphatic heterocycles. The van der Waals surface area contributed by atoms with E-state index in [-0.39, 0.29) is 0 Å². The molecule has 0 N–H and O–H groups in total. The zero-order valence-corrected chi connectivity index (χ0v) is 27.8. The van der Waals surface area contributed by atoms with Crippen LogP contribution >= 0.6 is 11.3 Å². The van der Waals surface area contributed by atoms with Crippen molar-refractivity contribution in [1.29, 1.82) is 0 Å². The fourth-order valence-corrected chi connectivity index (χ4v) is 9.45. The number of rotatable bonds is 3. The van der Waals surface area contributed by atoms with Gasteiger partial charge in [0, 0.05) is 36.7 Å². The molecular weight excluding hydrogens is 625 g/mol. The molecule has 2 aromatic heterocycles. The molecule has 9 aromatic carbocycles. The number of furan rings is 1. The summed E-state index contributed by atoms with van der Waals surface area (Å²) >= 11 is 1.86. The molecule has 0 atom stereocenters. The van der Waals surface area contributed by atoms with Crippen LogP contribution in [0, 0.1) is 0 Å². The Hall–Kier alpha value is -6.22. The van der Waals surface area contributed by atoms with Gasteiger partial charge in [-0.05, 0) is 89.6 Å². The zero-order valence-electron chi connectivity index (χ0n) is 27.0. The van der Waals surface area contributed by atoms with Crippen molar-refractivity contribution in [3.05, 3.63) is 170 Å². The first-order chi connectivity index (χ1) is 24.8. The summed E-state index contributed by atoms with van der Waals surface area (Å²) < 4.78 is 9.00. The third-order valence-corrected chi connectivity index (χ3v) is 11.7. The van der Waals surface area contributed by atoms with Crippen molar-refractivity contribution in [2.75, 3.05) is 0 Å². The van der Waals surface area contributed by atoms with Gasteiger partial charge in [-0.25, -0.2) is 0 Å². The van der Waals surface area contributed by atoms with Crippen molar-refractivity contribution >= 4 is 85.6 Å². The first kappa shape index (κ1) is 27.7. The maximum atomic E-state index is 6.48. The summed E-state index contributed by atoms with van der Waals surface area (Å²) in [6.45, 7) is 0. The van der Waals surface area contributed by atoms with Gasteiger partial charge in [0.25, 0.3) is 0 Å². The van der Waals surface area contributed by atoms with Crippen molar-refractivity contribution in [3.8, 4) is 33.4 Å². The van der Waals surface area contributed by atoms with Crippen LogP contribution in [0.5, 0.6) is 0 Å². The van der Waals surface area contributed by atoms with Crippen molar-refractivity contribution in [3.63, 3.8) is 0 Å². The van der Waals surface area contributed by atoms with Crippen LogP contribution in [0.2, 0.25) is 0 Å². The van der Waals surface area contributed by atoms with Gasteiger partial charge >= 0.3 is 0 Å². The Bertz CT molecular complexity index is 3100. The summed E-state index contributed by atoms with van der Waals surface area (Å²) in [5.41, 5.74) is 8.32. The second-order valence-corrected chi connectivity index (χ2v) is 14.3. The van der Waals surface area contributed by atoms with E-state index in [1.807, 2.05) is 17.6 Å². The summed E-state index contributed by atoms with van der Waals surface area (Å²) in [6, 6.07) is 59.9. The monoisotopic (exact) mass is 652 g/mol. The third-order valence-electron chi connectivity index (χ3n) is 10.5. The average Bonchev–Trinajstić information content (AvgIpc) is 3.78. The Morgan fingerprint density at radius 2 is 0.940 bits per heavy atom. The van der Waals surface area contributed by atoms with Crippen LogP contribution in [0.4, 0.5) is 0 Å². The van der Waals surface area contributed by atoms with Gasteiger partial charge in [-0.3, -0.25) is 0 Å². The van der Waals surface area contributed by atoms with Crippen LogP contribution < -0.4 is 0 Å². The molecule has 0 aliphatic rings. The standard InChI is InChI=1S/C48H28OS/c1-3-12-31-26-33(22-20-29(31)10-1)42-28-49-47-39(42)24-25-43-46(47)41-19-9-18-40(48(41)50-43)45-37-16-7-5-14-35(37)44(36-15-6-8-17-38(36)45)34-23-21-30-11-2-4-13-32(30)27-34/h1-28H. The predicted octanol–water partition coefficient (Wildman–Crippen LogP) is 14.4. The van der Waals surface area contributed by atoms with E-state index in [1.165, 1.54) is 91.1 Å². The van der Waals surface area contributed by atoms with E-state index in [4.69, 9.17) is 4.42 Å². The maximum absolute atomic E-state index is 6.48. The number of fused-ring (bicyclic) bond motifs is 9. The van der Waals surface area contributed by atoms with E-state index in [0.29, 0.717) is 0 Å². The van der Waals surface area contributed by atoms with E-state index in [1.54, 1.807) is 0 Å². The van der Waals surface area contributed by atoms with Crippen LogP contribution in [0.1, 0.15) is 0 Å². The zero-order chi connectivity index (χ0) is 32.8. The summed E-state index contributed by atoms with van der Waals surface area (Å²) in [4.78, 5) is 0. The molecule has 0 spiro atoms. The molecular formula is C48H28OS. The minimum atomic E-state index is 0.954. The topological polar surface area (TPSA) is 13.1 Å². The highest BCUT2D eigenvalue weighted by Crippen LogP contribution is 2.49. The summed E-state index contributed by atoms with van der Waals surface area (Å²) in [6.07, 6.45) is 1.94. The summed E-state index contributed by atoms with van der Waals surface area (Å²) in [5.74, 6) is 0. The van der Waals surface area contributed by atoms with Crippen LogP contribution in [0.3, 0.4) is 0 Å². The number of benzene rings is 9. The molecule has 232 valence electrons. The lowest BCUT2D eigenvalue weighted by atomic mass is 9.85. The Balaban J connectivity index is 1.17. The Morgan fingerprint density at radius 3 is 1.62 bits per heavy atom. The molecule has 0 radical (unpaired) electrons. The number of hydrogen-bond acceptors (Lipinski definition) is 2. The molecule has 0 amide bonds. The highest BCUT2D eigenvalue weighted by molar-refractivity contribution is 7.26. The predicted molar refractivity (Wildman–Crippen MR) is 215 cm³/mol. The Labute approximate surface area is 292 Å². The largest absolute Gasteiger partial charge is 0.463 e. The van der Waals surface area contributed by atoms with Gasteiger partial charge in [-0.15, -0.1) is 11.3 Å². The van der Waals surface area contributed by atoms with E-state index < -0.39 is 0 Å².